The molecule has 0 aliphatic carbocycles. The van der Waals surface area contributed by atoms with Crippen LogP contribution >= 0.6 is 0 Å². The molecule has 0 aromatic rings. The van der Waals surface area contributed by atoms with Gasteiger partial charge in [0.05, 0.1) is 0 Å². The average Bonchev–Trinajstić information content (AvgIpc) is 2.19. The fourth-order valence-corrected chi connectivity index (χ4v) is 2.51. The number of hydrogen-bond donors (Lipinski definition) is 1. The standard InChI is InChI=1S/C13H29N3/c1-13(2)7-10-16(11-12(13)14-3)9-6-8-15(4)5/h12,14H,6-11H2,1-5H3. The van der Waals surface area contributed by atoms with Crippen LogP contribution in [0.2, 0.25) is 0 Å². The Hall–Kier alpha value is -0.120. The van der Waals surface area contributed by atoms with Crippen LogP contribution in [0, 0.1) is 5.41 Å². The first kappa shape index (κ1) is 13.9. The summed E-state index contributed by atoms with van der Waals surface area (Å²) in [5.41, 5.74) is 0.451. The third-order valence-corrected chi connectivity index (χ3v) is 3.88. The fraction of sp³-hybridized carbons (Fsp3) is 1.00. The van der Waals surface area contributed by atoms with Crippen LogP contribution in [0.4, 0.5) is 0 Å². The van der Waals surface area contributed by atoms with E-state index in [9.17, 15) is 0 Å². The summed E-state index contributed by atoms with van der Waals surface area (Å²) in [5, 5.41) is 3.47. The molecule has 1 fully saturated rings. The molecular weight excluding hydrogens is 198 g/mol. The van der Waals surface area contributed by atoms with E-state index in [1.807, 2.05) is 0 Å². The first-order valence-electron chi connectivity index (χ1n) is 6.50. The molecule has 1 unspecified atom stereocenters. The molecule has 3 heteroatoms. The van der Waals surface area contributed by atoms with Gasteiger partial charge in [-0.05, 0) is 59.0 Å². The van der Waals surface area contributed by atoms with Crippen LogP contribution in [-0.4, -0.2) is 63.2 Å². The third-order valence-electron chi connectivity index (χ3n) is 3.88. The van der Waals surface area contributed by atoms with E-state index in [2.05, 4.69) is 50.1 Å². The van der Waals surface area contributed by atoms with Crippen LogP contribution in [0.5, 0.6) is 0 Å². The Morgan fingerprint density at radius 2 is 2.06 bits per heavy atom. The van der Waals surface area contributed by atoms with Crippen molar-refractivity contribution in [1.29, 1.82) is 0 Å². The summed E-state index contributed by atoms with van der Waals surface area (Å²) in [7, 11) is 6.39. The van der Waals surface area contributed by atoms with Gasteiger partial charge in [0, 0.05) is 12.6 Å². The normalized spacial score (nSPS) is 26.2. The second kappa shape index (κ2) is 5.99. The summed E-state index contributed by atoms with van der Waals surface area (Å²) < 4.78 is 0. The largest absolute Gasteiger partial charge is 0.315 e. The van der Waals surface area contributed by atoms with Crippen molar-refractivity contribution in [2.75, 3.05) is 47.3 Å². The van der Waals surface area contributed by atoms with Gasteiger partial charge in [-0.2, -0.15) is 0 Å². The first-order valence-corrected chi connectivity index (χ1v) is 6.50. The van der Waals surface area contributed by atoms with Crippen molar-refractivity contribution in [2.24, 2.45) is 5.41 Å². The molecule has 0 spiro atoms. The predicted molar refractivity (Wildman–Crippen MR) is 70.9 cm³/mol. The second-order valence-corrected chi connectivity index (χ2v) is 6.04. The summed E-state index contributed by atoms with van der Waals surface area (Å²) >= 11 is 0. The maximum absolute atomic E-state index is 3.47. The topological polar surface area (TPSA) is 18.5 Å². The van der Waals surface area contributed by atoms with Gasteiger partial charge in [-0.15, -0.1) is 0 Å². The van der Waals surface area contributed by atoms with E-state index in [1.165, 1.54) is 39.0 Å². The van der Waals surface area contributed by atoms with Gasteiger partial charge in [0.1, 0.15) is 0 Å². The van der Waals surface area contributed by atoms with E-state index in [-0.39, 0.29) is 0 Å². The van der Waals surface area contributed by atoms with E-state index < -0.39 is 0 Å². The van der Waals surface area contributed by atoms with Gasteiger partial charge in [0.15, 0.2) is 0 Å². The molecule has 1 saturated heterocycles. The fourth-order valence-electron chi connectivity index (χ4n) is 2.51. The van der Waals surface area contributed by atoms with E-state index in [0.717, 1.165) is 0 Å². The van der Waals surface area contributed by atoms with Gasteiger partial charge >= 0.3 is 0 Å². The van der Waals surface area contributed by atoms with Crippen LogP contribution in [0.3, 0.4) is 0 Å². The SMILES string of the molecule is CNC1CN(CCCN(C)C)CCC1(C)C. The smallest absolute Gasteiger partial charge is 0.0243 e. The molecule has 0 radical (unpaired) electrons. The van der Waals surface area contributed by atoms with Crippen molar-refractivity contribution in [3.8, 4) is 0 Å². The van der Waals surface area contributed by atoms with E-state index in [1.54, 1.807) is 0 Å². The van der Waals surface area contributed by atoms with Gasteiger partial charge in [0.2, 0.25) is 0 Å². The Labute approximate surface area is 101 Å². The van der Waals surface area contributed by atoms with E-state index >= 15 is 0 Å². The average molecular weight is 227 g/mol. The first-order chi connectivity index (χ1) is 7.45. The molecule has 0 aromatic heterocycles. The van der Waals surface area contributed by atoms with Crippen molar-refractivity contribution in [2.45, 2.75) is 32.7 Å². The summed E-state index contributed by atoms with van der Waals surface area (Å²) in [4.78, 5) is 4.87. The summed E-state index contributed by atoms with van der Waals surface area (Å²) in [6.45, 7) is 9.67. The molecule has 1 rings (SSSR count). The Bertz CT molecular complexity index is 201. The van der Waals surface area contributed by atoms with Gasteiger partial charge in [-0.3, -0.25) is 0 Å². The maximum atomic E-state index is 3.47. The lowest BCUT2D eigenvalue weighted by Gasteiger charge is -2.44. The zero-order valence-corrected chi connectivity index (χ0v) is 11.7. The molecule has 16 heavy (non-hydrogen) atoms. The highest BCUT2D eigenvalue weighted by molar-refractivity contribution is 4.90. The summed E-state index contributed by atoms with van der Waals surface area (Å²) in [5.74, 6) is 0. The van der Waals surface area contributed by atoms with E-state index in [4.69, 9.17) is 0 Å². The van der Waals surface area contributed by atoms with Crippen molar-refractivity contribution >= 4 is 0 Å². The number of nitrogens with zero attached hydrogens (tertiary/aromatic N) is 2. The van der Waals surface area contributed by atoms with Crippen LogP contribution in [0.25, 0.3) is 0 Å². The highest BCUT2D eigenvalue weighted by Gasteiger charge is 2.33. The molecule has 0 aromatic carbocycles. The maximum Gasteiger partial charge on any atom is 0.0243 e. The minimum absolute atomic E-state index is 0.451. The van der Waals surface area contributed by atoms with Gasteiger partial charge in [-0.25, -0.2) is 0 Å². The lowest BCUT2D eigenvalue weighted by Crippen LogP contribution is -2.54. The molecule has 1 aliphatic heterocycles. The Morgan fingerprint density at radius 1 is 1.38 bits per heavy atom. The summed E-state index contributed by atoms with van der Waals surface area (Å²) in [6, 6.07) is 0.639. The van der Waals surface area contributed by atoms with E-state index in [0.29, 0.717) is 11.5 Å². The lowest BCUT2D eigenvalue weighted by atomic mass is 9.78. The molecule has 1 atom stereocenters. The summed E-state index contributed by atoms with van der Waals surface area (Å²) in [6.07, 6.45) is 2.59. The quantitative estimate of drug-likeness (QED) is 0.763. The number of rotatable bonds is 5. The number of likely N-dealkylation sites (N-methyl/N-ethyl adjacent to an activating group) is 1. The third kappa shape index (κ3) is 4.04. The number of nitrogens with one attached hydrogen (secondary N) is 1. The van der Waals surface area contributed by atoms with Crippen molar-refractivity contribution in [3.63, 3.8) is 0 Å². The van der Waals surface area contributed by atoms with Crippen LogP contribution in [0.15, 0.2) is 0 Å². The van der Waals surface area contributed by atoms with Crippen LogP contribution in [0.1, 0.15) is 26.7 Å². The predicted octanol–water partition coefficient (Wildman–Crippen LogP) is 1.26. The van der Waals surface area contributed by atoms with Crippen molar-refractivity contribution in [1.82, 2.24) is 15.1 Å². The Kier molecular flexibility index (Phi) is 5.22. The van der Waals surface area contributed by atoms with Gasteiger partial charge in [0.25, 0.3) is 0 Å². The number of hydrogen-bond acceptors (Lipinski definition) is 3. The zero-order chi connectivity index (χ0) is 12.2. The molecule has 3 nitrogen and oxygen atoms in total. The van der Waals surface area contributed by atoms with Crippen LogP contribution < -0.4 is 5.32 Å². The highest BCUT2D eigenvalue weighted by atomic mass is 15.2. The molecule has 1 aliphatic rings. The molecule has 0 saturated carbocycles. The lowest BCUT2D eigenvalue weighted by molar-refractivity contribution is 0.0876. The molecule has 1 N–H and O–H groups in total. The molecule has 96 valence electrons. The zero-order valence-electron chi connectivity index (χ0n) is 11.7. The Morgan fingerprint density at radius 3 is 2.62 bits per heavy atom. The number of piperidine rings is 1. The minimum atomic E-state index is 0.451. The van der Waals surface area contributed by atoms with Crippen molar-refractivity contribution in [3.05, 3.63) is 0 Å². The highest BCUT2D eigenvalue weighted by Crippen LogP contribution is 2.30. The van der Waals surface area contributed by atoms with Crippen LogP contribution in [-0.2, 0) is 0 Å². The number of likely N-dealkylation sites (tertiary alicyclic amines) is 1. The molecule has 1 heterocycles. The minimum Gasteiger partial charge on any atom is -0.315 e. The molecule has 0 amide bonds. The second-order valence-electron chi connectivity index (χ2n) is 6.04. The van der Waals surface area contributed by atoms with Crippen molar-refractivity contribution < 1.29 is 0 Å². The van der Waals surface area contributed by atoms with Gasteiger partial charge < -0.3 is 15.1 Å². The monoisotopic (exact) mass is 227 g/mol. The molecule has 0 bridgehead atoms. The van der Waals surface area contributed by atoms with Gasteiger partial charge in [-0.1, -0.05) is 13.8 Å². The Balaban J connectivity index is 2.31. The molecular formula is C13H29N3.